The molecule has 1 amide bonds. The third-order valence-corrected chi connectivity index (χ3v) is 6.02. The van der Waals surface area contributed by atoms with E-state index in [1.165, 1.54) is 4.78 Å². The zero-order valence-electron chi connectivity index (χ0n) is 12.9. The topological polar surface area (TPSA) is 50.8 Å². The van der Waals surface area contributed by atoms with Gasteiger partial charge in [0.2, 0.25) is 0 Å². The number of carbonyl (C=O) groups excluding carboxylic acids is 1. The van der Waals surface area contributed by atoms with E-state index in [0.717, 1.165) is 0 Å². The van der Waals surface area contributed by atoms with Gasteiger partial charge in [0.25, 0.3) is 16.3 Å². The Morgan fingerprint density at radius 1 is 1.33 bits per heavy atom. The zero-order valence-corrected chi connectivity index (χ0v) is 16.9. The number of halogens is 3. The van der Waals surface area contributed by atoms with Gasteiger partial charge < -0.3 is 9.05 Å². The third-order valence-electron chi connectivity index (χ3n) is 1.98. The summed E-state index contributed by atoms with van der Waals surface area (Å²) in [5.41, 5.74) is 1.93. The Morgan fingerprint density at radius 3 is 2.10 bits per heavy atom. The Labute approximate surface area is 146 Å². The molecule has 0 aromatic rings. The smallest absolute Gasteiger partial charge is 0.286 e. The van der Waals surface area contributed by atoms with Gasteiger partial charge in [-0.2, -0.15) is 0 Å². The van der Waals surface area contributed by atoms with Crippen molar-refractivity contribution in [3.8, 4) is 0 Å². The minimum atomic E-state index is -2.97. The van der Waals surface area contributed by atoms with Crippen molar-refractivity contribution < 1.29 is 13.8 Å². The number of carbonyl (C=O) groups is 1. The summed E-state index contributed by atoms with van der Waals surface area (Å²) < 4.78 is 10.7. The molecule has 0 fully saturated rings. The monoisotopic (exact) mass is 398 g/mol. The van der Waals surface area contributed by atoms with E-state index in [0.29, 0.717) is 6.61 Å². The van der Waals surface area contributed by atoms with Gasteiger partial charge >= 0.3 is 0 Å². The average Bonchev–Trinajstić information content (AvgIpc) is 2.21. The van der Waals surface area contributed by atoms with E-state index in [1.54, 1.807) is 6.92 Å². The van der Waals surface area contributed by atoms with Crippen LogP contribution in [0.1, 0.15) is 41.5 Å². The molecule has 0 aliphatic heterocycles. The van der Waals surface area contributed by atoms with E-state index in [1.807, 2.05) is 34.6 Å². The first-order chi connectivity index (χ1) is 9.24. The van der Waals surface area contributed by atoms with Crippen LogP contribution in [0.4, 0.5) is 0 Å². The van der Waals surface area contributed by atoms with Gasteiger partial charge in [0.05, 0.1) is 12.7 Å². The predicted molar refractivity (Wildman–Crippen MR) is 92.2 cm³/mol. The van der Waals surface area contributed by atoms with E-state index in [9.17, 15) is 4.79 Å². The lowest BCUT2D eigenvalue weighted by molar-refractivity contribution is -0.125. The van der Waals surface area contributed by atoms with Crippen molar-refractivity contribution >= 4 is 59.2 Å². The molecule has 5 nitrogen and oxygen atoms in total. The third kappa shape index (κ3) is 7.32. The van der Waals surface area contributed by atoms with Crippen molar-refractivity contribution in [1.29, 1.82) is 0 Å². The number of hydrogen-bond acceptors (Lipinski definition) is 4. The maximum absolute atomic E-state index is 12.0. The fraction of sp³-hybridized carbons (Fsp3) is 0.909. The molecule has 0 saturated carbocycles. The van der Waals surface area contributed by atoms with E-state index < -0.39 is 21.9 Å². The maximum atomic E-state index is 12.0. The number of nitrogens with zero attached hydrogens (tertiary/aromatic N) is 1. The second kappa shape index (κ2) is 8.11. The largest absolute Gasteiger partial charge is 0.317 e. The fourth-order valence-corrected chi connectivity index (χ4v) is 5.22. The van der Waals surface area contributed by atoms with E-state index in [-0.39, 0.29) is 6.10 Å². The average molecular weight is 400 g/mol. The molecule has 0 rings (SSSR count). The summed E-state index contributed by atoms with van der Waals surface area (Å²) in [6.45, 7) is 8.35. The number of rotatable bonds is 6. The lowest BCUT2D eigenvalue weighted by atomic mass is 10.1. The van der Waals surface area contributed by atoms with Gasteiger partial charge in [0.15, 0.2) is 0 Å². The van der Waals surface area contributed by atoms with Gasteiger partial charge in [-0.1, -0.05) is 34.8 Å². The molecule has 0 saturated heterocycles. The number of nitrogens with one attached hydrogen (secondary N) is 1. The molecular weight excluding hydrogens is 378 g/mol. The maximum Gasteiger partial charge on any atom is 0.286 e. The highest BCUT2D eigenvalue weighted by atomic mass is 35.6. The highest BCUT2D eigenvalue weighted by Gasteiger charge is 2.42. The van der Waals surface area contributed by atoms with Crippen LogP contribution in [-0.2, 0) is 25.6 Å². The van der Waals surface area contributed by atoms with Crippen LogP contribution in [0, 0.1) is 0 Å². The Bertz CT molecular complexity index is 410. The molecule has 10 heteroatoms. The van der Waals surface area contributed by atoms with Crippen molar-refractivity contribution in [2.24, 2.45) is 0 Å². The van der Waals surface area contributed by atoms with Crippen LogP contribution < -0.4 is 5.43 Å². The highest BCUT2D eigenvalue weighted by Crippen LogP contribution is 2.55. The first kappa shape index (κ1) is 21.9. The van der Waals surface area contributed by atoms with Gasteiger partial charge in [-0.15, -0.1) is 4.78 Å². The minimum absolute atomic E-state index is 0.183. The number of hydrogen-bond donors (Lipinski definition) is 1. The highest BCUT2D eigenvalue weighted by molar-refractivity contribution is 8.08. The van der Waals surface area contributed by atoms with Crippen LogP contribution in [0.5, 0.6) is 0 Å². The molecule has 0 aromatic heterocycles. The molecule has 0 spiro atoms. The summed E-state index contributed by atoms with van der Waals surface area (Å²) in [4.78, 5) is 12.0. The standard InChI is InChI=1S/C11H22Cl3N2O3PS/c1-7-18-20(21,19-8(2)3)16(10(4,5)6)15-9(17)11(12,13)14/h8H,7H2,1-6H3,(H,15,17). The minimum Gasteiger partial charge on any atom is -0.317 e. The predicted octanol–water partition coefficient (Wildman–Crippen LogP) is 4.17. The summed E-state index contributed by atoms with van der Waals surface area (Å²) in [7, 11) is 0. The van der Waals surface area contributed by atoms with Gasteiger partial charge in [0.1, 0.15) is 0 Å². The molecule has 126 valence electrons. The van der Waals surface area contributed by atoms with Crippen molar-refractivity contribution in [2.75, 3.05) is 6.61 Å². The van der Waals surface area contributed by atoms with E-state index in [2.05, 4.69) is 5.43 Å². The van der Waals surface area contributed by atoms with Crippen molar-refractivity contribution in [1.82, 2.24) is 10.2 Å². The quantitative estimate of drug-likeness (QED) is 0.412. The van der Waals surface area contributed by atoms with Crippen molar-refractivity contribution in [2.45, 2.75) is 57.0 Å². The van der Waals surface area contributed by atoms with Crippen LogP contribution >= 0.6 is 41.4 Å². The molecule has 1 atom stereocenters. The summed E-state index contributed by atoms with van der Waals surface area (Å²) in [5, 5.41) is 0. The van der Waals surface area contributed by atoms with E-state index in [4.69, 9.17) is 55.7 Å². The number of hydrazine groups is 1. The lowest BCUT2D eigenvalue weighted by Crippen LogP contribution is -2.54. The summed E-state index contributed by atoms with van der Waals surface area (Å²) >= 11 is 22.3. The molecule has 0 aromatic carbocycles. The van der Waals surface area contributed by atoms with Gasteiger partial charge in [-0.25, -0.2) is 0 Å². The second-order valence-electron chi connectivity index (χ2n) is 5.46. The molecule has 0 radical (unpaired) electrons. The van der Waals surface area contributed by atoms with Crippen LogP contribution in [-0.4, -0.2) is 32.7 Å². The van der Waals surface area contributed by atoms with Gasteiger partial charge in [-0.05, 0) is 53.3 Å². The molecule has 21 heavy (non-hydrogen) atoms. The fourth-order valence-electron chi connectivity index (χ4n) is 1.32. The van der Waals surface area contributed by atoms with E-state index >= 15 is 0 Å². The summed E-state index contributed by atoms with van der Waals surface area (Å²) in [6, 6.07) is 0. The normalized spacial score (nSPS) is 16.1. The molecule has 0 bridgehead atoms. The van der Waals surface area contributed by atoms with Gasteiger partial charge in [-0.3, -0.25) is 10.2 Å². The van der Waals surface area contributed by atoms with Crippen molar-refractivity contribution in [3.63, 3.8) is 0 Å². The zero-order chi connectivity index (χ0) is 17.1. The Morgan fingerprint density at radius 2 is 1.81 bits per heavy atom. The Hall–Kier alpha value is 0.870. The molecule has 0 aliphatic carbocycles. The van der Waals surface area contributed by atoms with Crippen LogP contribution in [0.25, 0.3) is 0 Å². The first-order valence-electron chi connectivity index (χ1n) is 6.35. The molecule has 1 unspecified atom stereocenters. The first-order valence-corrected chi connectivity index (χ1v) is 10.1. The number of amides is 1. The Balaban J connectivity index is 5.57. The lowest BCUT2D eigenvalue weighted by Gasteiger charge is -2.42. The summed E-state index contributed by atoms with van der Waals surface area (Å²) in [6.07, 6.45) is -0.183. The number of alkyl halides is 3. The van der Waals surface area contributed by atoms with Crippen LogP contribution in [0.2, 0.25) is 0 Å². The van der Waals surface area contributed by atoms with Gasteiger partial charge in [0, 0.05) is 5.54 Å². The Kier molecular flexibility index (Phi) is 8.45. The molecule has 1 N–H and O–H groups in total. The van der Waals surface area contributed by atoms with Crippen LogP contribution in [0.15, 0.2) is 0 Å². The summed E-state index contributed by atoms with van der Waals surface area (Å²) in [5.74, 6) is -0.816. The molecule has 0 heterocycles. The van der Waals surface area contributed by atoms with Crippen molar-refractivity contribution in [3.05, 3.63) is 0 Å². The molecular formula is C11H22Cl3N2O3PS. The SMILES string of the molecule is CCOP(=S)(OC(C)C)N(NC(=O)C(Cl)(Cl)Cl)C(C)(C)C. The van der Waals surface area contributed by atoms with Crippen LogP contribution in [0.3, 0.4) is 0 Å². The second-order valence-corrected chi connectivity index (χ2v) is 10.9. The molecule has 0 aliphatic rings.